The lowest BCUT2D eigenvalue weighted by Gasteiger charge is -2.32. The summed E-state index contributed by atoms with van der Waals surface area (Å²) < 4.78 is 49.6. The highest BCUT2D eigenvalue weighted by Crippen LogP contribution is 2.37. The zero-order chi connectivity index (χ0) is 23.4. The molecule has 10 heteroatoms. The number of aromatic nitrogens is 4. The van der Waals surface area contributed by atoms with Crippen molar-refractivity contribution in [3.63, 3.8) is 0 Å². The SMILES string of the molecule is COc1cccc2c(C(=O)N3CCc4c(nn(C)c4-c4cc(F)c(F)c(F)c4)[C@@H]3C)cnn12. The van der Waals surface area contributed by atoms with E-state index in [0.29, 0.717) is 41.3 Å². The Morgan fingerprint density at radius 3 is 2.61 bits per heavy atom. The Bertz CT molecular complexity index is 1390. The minimum atomic E-state index is -1.51. The average Bonchev–Trinajstić information content (AvgIpc) is 3.38. The maximum atomic E-state index is 13.9. The molecule has 0 aliphatic carbocycles. The number of carbonyl (C=O) groups is 1. The van der Waals surface area contributed by atoms with E-state index >= 15 is 0 Å². The molecule has 1 atom stereocenters. The molecule has 0 saturated carbocycles. The topological polar surface area (TPSA) is 64.7 Å². The van der Waals surface area contributed by atoms with Gasteiger partial charge in [-0.15, -0.1) is 0 Å². The molecule has 0 saturated heterocycles. The number of halogens is 3. The Balaban J connectivity index is 1.52. The summed E-state index contributed by atoms with van der Waals surface area (Å²) in [7, 11) is 3.19. The Morgan fingerprint density at radius 2 is 1.91 bits per heavy atom. The van der Waals surface area contributed by atoms with E-state index in [9.17, 15) is 18.0 Å². The molecule has 0 bridgehead atoms. The van der Waals surface area contributed by atoms with Gasteiger partial charge in [0.1, 0.15) is 0 Å². The predicted molar refractivity (Wildman–Crippen MR) is 113 cm³/mol. The van der Waals surface area contributed by atoms with E-state index in [1.54, 1.807) is 34.7 Å². The van der Waals surface area contributed by atoms with E-state index in [1.165, 1.54) is 18.0 Å². The van der Waals surface area contributed by atoms with Crippen molar-refractivity contribution < 1.29 is 22.7 Å². The minimum absolute atomic E-state index is 0.198. The summed E-state index contributed by atoms with van der Waals surface area (Å²) in [6.07, 6.45) is 1.94. The third kappa shape index (κ3) is 3.16. The van der Waals surface area contributed by atoms with E-state index in [2.05, 4.69) is 10.2 Å². The van der Waals surface area contributed by atoms with E-state index in [-0.39, 0.29) is 11.5 Å². The molecule has 33 heavy (non-hydrogen) atoms. The van der Waals surface area contributed by atoms with Gasteiger partial charge in [0.25, 0.3) is 5.91 Å². The predicted octanol–water partition coefficient (Wildman–Crippen LogP) is 3.92. The van der Waals surface area contributed by atoms with E-state index in [1.807, 2.05) is 6.92 Å². The Morgan fingerprint density at radius 1 is 1.18 bits per heavy atom. The van der Waals surface area contributed by atoms with Crippen molar-refractivity contribution in [3.05, 3.63) is 70.8 Å². The first-order valence-corrected chi connectivity index (χ1v) is 10.3. The summed E-state index contributed by atoms with van der Waals surface area (Å²) in [5, 5.41) is 8.82. The number of pyridine rings is 1. The number of amides is 1. The van der Waals surface area contributed by atoms with Crippen LogP contribution in [-0.2, 0) is 13.5 Å². The van der Waals surface area contributed by atoms with Gasteiger partial charge in [-0.2, -0.15) is 10.2 Å². The number of carbonyl (C=O) groups excluding carboxylic acids is 1. The summed E-state index contributed by atoms with van der Waals surface area (Å²) >= 11 is 0. The lowest BCUT2D eigenvalue weighted by atomic mass is 9.95. The van der Waals surface area contributed by atoms with Crippen LogP contribution in [0.1, 0.15) is 34.6 Å². The number of nitrogens with zero attached hydrogens (tertiary/aromatic N) is 5. The third-order valence-corrected chi connectivity index (χ3v) is 6.11. The van der Waals surface area contributed by atoms with Gasteiger partial charge in [-0.1, -0.05) is 6.07 Å². The van der Waals surface area contributed by atoms with Gasteiger partial charge in [0.15, 0.2) is 17.5 Å². The summed E-state index contributed by atoms with van der Waals surface area (Å²) in [6.45, 7) is 2.23. The molecule has 0 unspecified atom stereocenters. The summed E-state index contributed by atoms with van der Waals surface area (Å²) in [4.78, 5) is 15.1. The fraction of sp³-hybridized carbons (Fsp3) is 0.261. The highest BCUT2D eigenvalue weighted by Gasteiger charge is 2.34. The number of hydrogen-bond donors (Lipinski definition) is 0. The van der Waals surface area contributed by atoms with Gasteiger partial charge in [0.2, 0.25) is 5.88 Å². The fourth-order valence-corrected chi connectivity index (χ4v) is 4.54. The molecule has 1 aromatic carbocycles. The molecule has 4 heterocycles. The van der Waals surface area contributed by atoms with Crippen molar-refractivity contribution >= 4 is 11.4 Å². The molecule has 5 rings (SSSR count). The molecule has 1 aliphatic heterocycles. The van der Waals surface area contributed by atoms with E-state index in [0.717, 1.165) is 17.7 Å². The zero-order valence-corrected chi connectivity index (χ0v) is 18.1. The van der Waals surface area contributed by atoms with Gasteiger partial charge in [-0.05, 0) is 31.5 Å². The van der Waals surface area contributed by atoms with Crippen molar-refractivity contribution in [2.45, 2.75) is 19.4 Å². The largest absolute Gasteiger partial charge is 0.481 e. The average molecular weight is 455 g/mol. The number of rotatable bonds is 3. The number of aryl methyl sites for hydroxylation is 1. The summed E-state index contributed by atoms with van der Waals surface area (Å²) in [6, 6.07) is 6.86. The number of benzene rings is 1. The molecule has 0 N–H and O–H groups in total. The standard InChI is InChI=1S/C23H20F3N5O2/c1-12-21-14(22(29(2)28-21)13-9-16(24)20(26)17(25)10-13)7-8-30(12)23(32)15-11-27-31-18(15)5-4-6-19(31)33-3/h4-6,9-12H,7-8H2,1-3H3/t12-/m0/s1. The van der Waals surface area contributed by atoms with Crippen molar-refractivity contribution in [2.75, 3.05) is 13.7 Å². The van der Waals surface area contributed by atoms with Gasteiger partial charge in [0, 0.05) is 30.8 Å². The highest BCUT2D eigenvalue weighted by atomic mass is 19.2. The van der Waals surface area contributed by atoms with E-state index < -0.39 is 23.5 Å². The third-order valence-electron chi connectivity index (χ3n) is 6.11. The van der Waals surface area contributed by atoms with Crippen LogP contribution in [0.5, 0.6) is 5.88 Å². The molecule has 7 nitrogen and oxygen atoms in total. The maximum absolute atomic E-state index is 13.9. The van der Waals surface area contributed by atoms with Crippen LogP contribution in [-0.4, -0.2) is 43.9 Å². The number of ether oxygens (including phenoxy) is 1. The number of methoxy groups -OCH3 is 1. The Kier molecular flexibility index (Phi) is 4.88. The van der Waals surface area contributed by atoms with Crippen LogP contribution in [0.2, 0.25) is 0 Å². The Hall–Kier alpha value is -3.82. The molecular weight excluding hydrogens is 435 g/mol. The highest BCUT2D eigenvalue weighted by molar-refractivity contribution is 6.01. The quantitative estimate of drug-likeness (QED) is 0.440. The molecule has 170 valence electrons. The lowest BCUT2D eigenvalue weighted by Crippen LogP contribution is -2.38. The van der Waals surface area contributed by atoms with E-state index in [4.69, 9.17) is 4.74 Å². The van der Waals surface area contributed by atoms with Crippen LogP contribution in [0.4, 0.5) is 13.2 Å². The monoisotopic (exact) mass is 455 g/mol. The van der Waals surface area contributed by atoms with Gasteiger partial charge < -0.3 is 9.64 Å². The van der Waals surface area contributed by atoms with Gasteiger partial charge in [-0.25, -0.2) is 17.7 Å². The second kappa shape index (κ2) is 7.65. The first-order valence-electron chi connectivity index (χ1n) is 10.3. The van der Waals surface area contributed by atoms with Crippen LogP contribution in [0.15, 0.2) is 36.5 Å². The van der Waals surface area contributed by atoms with Crippen molar-refractivity contribution in [3.8, 4) is 17.1 Å². The Labute approximate surface area is 187 Å². The van der Waals surface area contributed by atoms with Crippen LogP contribution >= 0.6 is 0 Å². The first kappa shape index (κ1) is 21.0. The first-order chi connectivity index (χ1) is 15.8. The molecular formula is C23H20F3N5O2. The zero-order valence-electron chi connectivity index (χ0n) is 18.1. The number of fused-ring (bicyclic) bond motifs is 2. The molecule has 0 spiro atoms. The molecule has 1 amide bonds. The molecule has 4 aromatic rings. The van der Waals surface area contributed by atoms with Gasteiger partial charge in [-0.3, -0.25) is 9.48 Å². The molecule has 3 aromatic heterocycles. The minimum Gasteiger partial charge on any atom is -0.481 e. The van der Waals surface area contributed by atoms with Gasteiger partial charge >= 0.3 is 0 Å². The fourth-order valence-electron chi connectivity index (χ4n) is 4.54. The second-order valence-corrected chi connectivity index (χ2v) is 7.94. The second-order valence-electron chi connectivity index (χ2n) is 7.94. The van der Waals surface area contributed by atoms with Crippen LogP contribution in [0, 0.1) is 17.5 Å². The maximum Gasteiger partial charge on any atom is 0.258 e. The van der Waals surface area contributed by atoms with Crippen molar-refractivity contribution in [1.29, 1.82) is 0 Å². The van der Waals surface area contributed by atoms with Crippen LogP contribution in [0.25, 0.3) is 16.8 Å². The van der Waals surface area contributed by atoms with Crippen molar-refractivity contribution in [2.24, 2.45) is 7.05 Å². The van der Waals surface area contributed by atoms with Crippen LogP contribution in [0.3, 0.4) is 0 Å². The van der Waals surface area contributed by atoms with Crippen LogP contribution < -0.4 is 4.74 Å². The normalized spacial score (nSPS) is 15.7. The number of hydrogen-bond acceptors (Lipinski definition) is 4. The van der Waals surface area contributed by atoms with Crippen molar-refractivity contribution in [1.82, 2.24) is 24.3 Å². The van der Waals surface area contributed by atoms with Gasteiger partial charge in [0.05, 0.1) is 41.8 Å². The lowest BCUT2D eigenvalue weighted by molar-refractivity contribution is 0.0675. The molecule has 0 fully saturated rings. The molecule has 0 radical (unpaired) electrons. The smallest absolute Gasteiger partial charge is 0.258 e. The molecule has 1 aliphatic rings. The summed E-state index contributed by atoms with van der Waals surface area (Å²) in [5.74, 6) is -3.73. The summed E-state index contributed by atoms with van der Waals surface area (Å²) in [5.41, 5.74) is 3.17.